The molecule has 414 valence electrons. The van der Waals surface area contributed by atoms with Crippen molar-refractivity contribution in [2.45, 2.75) is 139 Å². The van der Waals surface area contributed by atoms with E-state index in [0.29, 0.717) is 0 Å². The number of ether oxygens (including phenoxy) is 2. The topological polar surface area (TPSA) is 426 Å². The van der Waals surface area contributed by atoms with E-state index in [0.717, 1.165) is 28.9 Å². The van der Waals surface area contributed by atoms with E-state index in [9.17, 15) is 79.4 Å². The van der Waals surface area contributed by atoms with Gasteiger partial charge >= 0.3 is 41.7 Å². The van der Waals surface area contributed by atoms with Gasteiger partial charge in [0.1, 0.15) is 48.5 Å². The number of hydrogen-bond donors (Lipinski definition) is 13. The molecule has 0 saturated carbocycles. The van der Waals surface area contributed by atoms with E-state index in [2.05, 4.69) is 47.9 Å². The summed E-state index contributed by atoms with van der Waals surface area (Å²) in [6.07, 6.45) is -13.6. The van der Waals surface area contributed by atoms with Gasteiger partial charge in [-0.1, -0.05) is 25.6 Å². The quantitative estimate of drug-likeness (QED) is 0.0194. The van der Waals surface area contributed by atoms with Gasteiger partial charge in [0, 0.05) is 51.4 Å². The molecule has 8 amide bonds. The summed E-state index contributed by atoms with van der Waals surface area (Å²) in [5.41, 5.74) is -1.01. The molecule has 29 nitrogen and oxygen atoms in total. The van der Waals surface area contributed by atoms with Crippen LogP contribution in [-0.4, -0.2) is 204 Å². The normalized spacial score (nSPS) is 27.5. The minimum absolute atomic E-state index is 0. The van der Waals surface area contributed by atoms with E-state index in [1.165, 1.54) is 39.8 Å². The van der Waals surface area contributed by atoms with Crippen molar-refractivity contribution in [3.8, 4) is 11.5 Å². The van der Waals surface area contributed by atoms with Crippen molar-refractivity contribution in [1.29, 1.82) is 0 Å². The SMILES string of the molecule is C=CCOC(=O)NCC[C@@H](O)[C@@H]1NC(=O)[C@H]([C@H](O)Cc2ccc(O)c(OSOO[O-])c2)NC(=O)[C@@H]2C[C@@H](O)CN2C(=O)[C@H]([C@@H](C)O)NC(=O)[C@@H](NC(=O)OC(C)(C)C)C[C@@H](O)CNC(=O)[C@@H]2[C@@H](O)[C@@H](C)CN2C1=O.[Na+]. The molecule has 75 heavy (non-hydrogen) atoms. The maximum atomic E-state index is 14.7. The van der Waals surface area contributed by atoms with Crippen LogP contribution in [0.15, 0.2) is 30.9 Å². The number of amides is 8. The number of fused-ring (bicyclic) bond motifs is 2. The van der Waals surface area contributed by atoms with Crippen LogP contribution in [-0.2, 0) is 54.0 Å². The molecule has 0 aliphatic carbocycles. The first-order valence-electron chi connectivity index (χ1n) is 23.3. The predicted octanol–water partition coefficient (Wildman–Crippen LogP) is -8.09. The summed E-state index contributed by atoms with van der Waals surface area (Å²) in [4.78, 5) is 113. The Hall–Kier alpha value is -5.09. The van der Waals surface area contributed by atoms with Crippen LogP contribution in [0.25, 0.3) is 0 Å². The molecule has 0 unspecified atom stereocenters. The van der Waals surface area contributed by atoms with Crippen LogP contribution in [0, 0.1) is 5.92 Å². The fraction of sp³-hybridized carbons (Fsp3) is 0.636. The summed E-state index contributed by atoms with van der Waals surface area (Å²) in [6, 6.07) is -7.94. The second kappa shape index (κ2) is 29.4. The number of aliphatic hydroxyl groups excluding tert-OH is 6. The summed E-state index contributed by atoms with van der Waals surface area (Å²) in [5, 5.41) is 106. The molecule has 1 aromatic carbocycles. The van der Waals surface area contributed by atoms with Crippen molar-refractivity contribution >= 4 is 60.0 Å². The minimum Gasteiger partial charge on any atom is -0.691 e. The summed E-state index contributed by atoms with van der Waals surface area (Å²) < 4.78 is 19.3. The number of carbonyl (C=O) groups is 8. The fourth-order valence-corrected chi connectivity index (χ4v) is 8.47. The Labute approximate surface area is 456 Å². The van der Waals surface area contributed by atoms with E-state index < -0.39 is 183 Å². The van der Waals surface area contributed by atoms with Crippen molar-refractivity contribution in [2.24, 2.45) is 5.92 Å². The van der Waals surface area contributed by atoms with Crippen LogP contribution in [0.1, 0.15) is 59.4 Å². The average Bonchev–Trinajstić information content (AvgIpc) is 3.87. The number of carbonyl (C=O) groups excluding carboxylic acids is 8. The first-order valence-corrected chi connectivity index (χ1v) is 23.9. The number of phenols is 1. The Morgan fingerprint density at radius 1 is 0.893 bits per heavy atom. The Balaban J connectivity index is 0.0000148. The van der Waals surface area contributed by atoms with E-state index in [-0.39, 0.29) is 66.3 Å². The third-order valence-electron chi connectivity index (χ3n) is 11.8. The molecule has 31 heteroatoms. The second-order valence-corrected chi connectivity index (χ2v) is 19.3. The number of nitrogens with one attached hydrogen (secondary N) is 6. The number of rotatable bonds is 15. The number of nitrogens with zero attached hydrogens (tertiary/aromatic N) is 2. The number of β-amino-alcohol motifs (C(OH)–C–C–N with tert-alkyl or cyclic N) is 1. The number of alkyl carbamates (subject to hydrolysis) is 2. The van der Waals surface area contributed by atoms with Gasteiger partial charge in [-0.25, -0.2) is 9.59 Å². The van der Waals surface area contributed by atoms with Crippen molar-refractivity contribution in [3.05, 3.63) is 36.4 Å². The number of phenolic OH excluding ortho intramolecular Hbond substituents is 1. The number of aromatic hydroxyl groups is 1. The molecular formula is C44H65N8NaO21S. The third kappa shape index (κ3) is 18.6. The van der Waals surface area contributed by atoms with E-state index in [4.69, 9.17) is 13.7 Å². The van der Waals surface area contributed by atoms with Crippen LogP contribution in [0.2, 0.25) is 0 Å². The standard InChI is InChI=1S/C44H66N8O21S.Na/c1-7-12-69-42(66)45-11-10-28(57)33-41(65)52-18-20(2)35(59)34(52)39(63)46-17-23(54)15-25(47-43(67)70-44(4,5)6)36(60)48-31(21(3)53)40(64)51-19-24(55)16-26(51)37(61)49-32(38(62)50-33)29(58)13-22-8-9-27(56)30(14-22)71-74-73-72-68;/h7-9,14,20-21,23-26,28-29,31-35,53-59,68H,1,10-13,15-19H2,2-6H3,(H,45,66)(H,46,63)(H,47,67)(H,48,60)(H,49,61)(H,50,62);/q;+1/p-1/t20-,21+,23+,24+,25-,26-,28+,29+,31-,32-,33-,34-,35-;/m0./s1. The second-order valence-electron chi connectivity index (χ2n) is 18.9. The smallest absolute Gasteiger partial charge is 0.691 e. The Kier molecular flexibility index (Phi) is 25.2. The molecule has 0 aromatic heterocycles. The zero-order chi connectivity index (χ0) is 55.2. The average molecular weight is 1100 g/mol. The molecule has 4 rings (SSSR count). The van der Waals surface area contributed by atoms with E-state index >= 15 is 0 Å². The van der Waals surface area contributed by atoms with E-state index in [1.54, 1.807) is 0 Å². The van der Waals surface area contributed by atoms with Crippen LogP contribution in [0.4, 0.5) is 9.59 Å². The molecule has 3 heterocycles. The van der Waals surface area contributed by atoms with Gasteiger partial charge in [-0.3, -0.25) is 33.8 Å². The minimum atomic E-state index is -2.17. The van der Waals surface area contributed by atoms with Gasteiger partial charge in [-0.15, -0.1) is 4.33 Å². The van der Waals surface area contributed by atoms with Gasteiger partial charge in [-0.05, 0) is 51.8 Å². The largest absolute Gasteiger partial charge is 1.00 e. The van der Waals surface area contributed by atoms with Crippen molar-refractivity contribution in [3.63, 3.8) is 0 Å². The summed E-state index contributed by atoms with van der Waals surface area (Å²) in [5.74, 6) is -8.89. The molecule has 3 aliphatic heterocycles. The molecule has 13 atom stereocenters. The fourth-order valence-electron chi connectivity index (χ4n) is 8.22. The number of aliphatic hydroxyl groups is 6. The molecule has 3 aliphatic rings. The van der Waals surface area contributed by atoms with Gasteiger partial charge in [0.2, 0.25) is 35.4 Å². The number of hydrogen-bond acceptors (Lipinski definition) is 22. The first kappa shape index (κ1) is 64.2. The summed E-state index contributed by atoms with van der Waals surface area (Å²) >= 11 is 0.000160. The Morgan fingerprint density at radius 2 is 1.55 bits per heavy atom. The maximum Gasteiger partial charge on any atom is 1.00 e. The van der Waals surface area contributed by atoms with Crippen LogP contribution < -0.4 is 70.9 Å². The monoisotopic (exact) mass is 1100 g/mol. The predicted molar refractivity (Wildman–Crippen MR) is 249 cm³/mol. The van der Waals surface area contributed by atoms with Crippen LogP contribution in [0.5, 0.6) is 11.5 Å². The van der Waals surface area contributed by atoms with Gasteiger partial charge in [0.05, 0.1) is 36.6 Å². The molecule has 3 fully saturated rings. The molecule has 0 spiro atoms. The zero-order valence-electron chi connectivity index (χ0n) is 42.0. The Bertz CT molecular complexity index is 2180. The molecule has 0 radical (unpaired) electrons. The van der Waals surface area contributed by atoms with E-state index in [1.807, 2.05) is 0 Å². The Morgan fingerprint density at radius 3 is 2.19 bits per heavy atom. The van der Waals surface area contributed by atoms with Crippen LogP contribution >= 0.6 is 12.3 Å². The van der Waals surface area contributed by atoms with Gasteiger partial charge in [0.25, 0.3) is 12.3 Å². The molecule has 3 saturated heterocycles. The van der Waals surface area contributed by atoms with Gasteiger partial charge < -0.3 is 96.4 Å². The van der Waals surface area contributed by atoms with Crippen molar-refractivity contribution in [1.82, 2.24) is 41.7 Å². The number of benzene rings is 1. The van der Waals surface area contributed by atoms with Crippen molar-refractivity contribution in [2.75, 3.05) is 32.8 Å². The molecule has 1 aromatic rings. The maximum absolute atomic E-state index is 14.7. The molecule has 0 bridgehead atoms. The summed E-state index contributed by atoms with van der Waals surface area (Å²) in [6.45, 7) is 8.35. The first-order chi connectivity index (χ1) is 34.8. The van der Waals surface area contributed by atoms with Gasteiger partial charge in [0.15, 0.2) is 11.5 Å². The van der Waals surface area contributed by atoms with Crippen LogP contribution in [0.3, 0.4) is 0 Å². The van der Waals surface area contributed by atoms with Crippen molar-refractivity contribution < 1.29 is 132 Å². The van der Waals surface area contributed by atoms with Gasteiger partial charge in [-0.2, -0.15) is 0 Å². The summed E-state index contributed by atoms with van der Waals surface area (Å²) in [7, 11) is 0. The molecule has 13 N–H and O–H groups in total. The third-order valence-corrected chi connectivity index (χ3v) is 12.2. The molecular weight excluding hydrogens is 1030 g/mol. The zero-order valence-corrected chi connectivity index (χ0v) is 44.9.